The summed E-state index contributed by atoms with van der Waals surface area (Å²) in [6.45, 7) is 17.4. The molecule has 0 atom stereocenters. The Hall–Kier alpha value is -10.3. The first-order valence-corrected chi connectivity index (χ1v) is 29.0. The Morgan fingerprint density at radius 2 is 0.619 bits per heavy atom. The standard InChI is InChI=1S/C80H62N4/c1-48-19-27-64(52(5)35-48)58-23-31-75-69(39-58)70-40-59(65-28-20-49(2)36-53(65)6)24-32-76(70)83(75)79-46-68(62-43-73(56-15-11-9-12-16-56)82-74(44-62)57-17-13-10-14-18-57)80(45-63(79)47-81)84-77-33-25-60(66-29-21-50(3)37-54(66)7)41-71(77)72-42-61(26-34-78(72)84)67-30-22-51(4)38-55(67)8/h9-46H,1-8H3. The highest BCUT2D eigenvalue weighted by molar-refractivity contribution is 6.14. The van der Waals surface area contributed by atoms with E-state index in [4.69, 9.17) is 4.98 Å². The average Bonchev–Trinajstić information content (AvgIpc) is 1.75. The van der Waals surface area contributed by atoms with Gasteiger partial charge in [0.25, 0.3) is 0 Å². The molecule has 4 heteroatoms. The third kappa shape index (κ3) is 8.98. The van der Waals surface area contributed by atoms with Gasteiger partial charge in [-0.05, 0) is 201 Å². The summed E-state index contributed by atoms with van der Waals surface area (Å²) in [4.78, 5) is 5.41. The summed E-state index contributed by atoms with van der Waals surface area (Å²) < 4.78 is 4.74. The number of rotatable bonds is 9. The molecule has 3 heterocycles. The summed E-state index contributed by atoms with van der Waals surface area (Å²) in [6, 6.07) is 87.1. The molecule has 0 N–H and O–H groups in total. The highest BCUT2D eigenvalue weighted by Crippen LogP contribution is 2.45. The zero-order valence-corrected chi connectivity index (χ0v) is 48.7. The van der Waals surface area contributed by atoms with E-state index in [0.29, 0.717) is 5.56 Å². The number of pyridine rings is 1. The molecule has 0 amide bonds. The van der Waals surface area contributed by atoms with Gasteiger partial charge < -0.3 is 9.13 Å². The first kappa shape index (κ1) is 51.8. The van der Waals surface area contributed by atoms with E-state index in [2.05, 4.69) is 301 Å². The van der Waals surface area contributed by atoms with Crippen molar-refractivity contribution >= 4 is 43.6 Å². The van der Waals surface area contributed by atoms with Crippen LogP contribution in [-0.2, 0) is 0 Å². The molecule has 0 bridgehead atoms. The molecule has 84 heavy (non-hydrogen) atoms. The zero-order chi connectivity index (χ0) is 57.5. The molecule has 0 aliphatic heterocycles. The molecule has 0 saturated heterocycles. The Morgan fingerprint density at radius 1 is 0.286 bits per heavy atom. The summed E-state index contributed by atoms with van der Waals surface area (Å²) in [5.74, 6) is 0. The minimum Gasteiger partial charge on any atom is -0.309 e. The number of hydrogen-bond donors (Lipinski definition) is 0. The normalized spacial score (nSPS) is 11.6. The van der Waals surface area contributed by atoms with E-state index in [9.17, 15) is 5.26 Å². The predicted octanol–water partition coefficient (Wildman–Crippen LogP) is 21.3. The Morgan fingerprint density at radius 3 is 0.940 bits per heavy atom. The molecule has 0 spiro atoms. The zero-order valence-electron chi connectivity index (χ0n) is 48.7. The minimum absolute atomic E-state index is 0.555. The van der Waals surface area contributed by atoms with Crippen molar-refractivity contribution in [3.05, 3.63) is 281 Å². The molecule has 14 rings (SSSR count). The van der Waals surface area contributed by atoms with Crippen LogP contribution in [0, 0.1) is 66.7 Å². The molecule has 0 saturated carbocycles. The third-order valence-corrected chi connectivity index (χ3v) is 17.3. The molecular weight excluding hydrogens is 1020 g/mol. The van der Waals surface area contributed by atoms with Crippen LogP contribution in [0.4, 0.5) is 0 Å². The van der Waals surface area contributed by atoms with Crippen molar-refractivity contribution in [3.63, 3.8) is 0 Å². The van der Waals surface area contributed by atoms with Crippen LogP contribution >= 0.6 is 0 Å². The second-order valence-electron chi connectivity index (χ2n) is 23.2. The number of aryl methyl sites for hydroxylation is 8. The Bertz CT molecular complexity index is 4770. The van der Waals surface area contributed by atoms with Crippen LogP contribution in [0.1, 0.15) is 50.1 Å². The van der Waals surface area contributed by atoms with Gasteiger partial charge in [0.05, 0.1) is 50.4 Å². The van der Waals surface area contributed by atoms with Crippen LogP contribution in [-0.4, -0.2) is 14.1 Å². The lowest BCUT2D eigenvalue weighted by atomic mass is 9.95. The molecule has 11 aromatic carbocycles. The fourth-order valence-corrected chi connectivity index (χ4v) is 13.3. The second kappa shape index (κ2) is 20.6. The molecule has 0 fully saturated rings. The van der Waals surface area contributed by atoms with Crippen molar-refractivity contribution in [1.82, 2.24) is 14.1 Å². The average molecular weight is 1080 g/mol. The van der Waals surface area contributed by atoms with Crippen molar-refractivity contribution in [2.24, 2.45) is 0 Å². The fourth-order valence-electron chi connectivity index (χ4n) is 13.3. The van der Waals surface area contributed by atoms with E-state index in [1.165, 1.54) is 66.8 Å². The van der Waals surface area contributed by atoms with Crippen molar-refractivity contribution in [2.75, 3.05) is 0 Å². The van der Waals surface area contributed by atoms with Gasteiger partial charge >= 0.3 is 0 Å². The lowest BCUT2D eigenvalue weighted by molar-refractivity contribution is 1.13. The number of benzene rings is 11. The number of nitrogens with zero attached hydrogens (tertiary/aromatic N) is 4. The first-order valence-electron chi connectivity index (χ1n) is 29.0. The van der Waals surface area contributed by atoms with Gasteiger partial charge in [0.1, 0.15) is 6.07 Å². The van der Waals surface area contributed by atoms with E-state index in [1.54, 1.807) is 0 Å². The summed E-state index contributed by atoms with van der Waals surface area (Å²) >= 11 is 0. The van der Waals surface area contributed by atoms with Gasteiger partial charge in [-0.3, -0.25) is 0 Å². The van der Waals surface area contributed by atoms with Crippen molar-refractivity contribution in [3.8, 4) is 95.6 Å². The van der Waals surface area contributed by atoms with Gasteiger partial charge in [-0.2, -0.15) is 5.26 Å². The van der Waals surface area contributed by atoms with Crippen molar-refractivity contribution in [1.29, 1.82) is 5.26 Å². The minimum atomic E-state index is 0.555. The van der Waals surface area contributed by atoms with Crippen LogP contribution in [0.2, 0.25) is 0 Å². The SMILES string of the molecule is Cc1ccc(-c2ccc3c(c2)c2cc(-c4ccc(C)cc4C)ccc2n3-c2cc(-c3cc(-c4ccccc4)nc(-c4ccccc4)c3)c(-n3c4ccc(-c5ccc(C)cc5C)cc4c4cc(-c5ccc(C)cc5C)ccc43)cc2C#N)c(C)c1. The molecule has 0 aliphatic carbocycles. The van der Waals surface area contributed by atoms with Crippen molar-refractivity contribution in [2.45, 2.75) is 55.4 Å². The Labute approximate surface area is 491 Å². The number of hydrogen-bond acceptors (Lipinski definition) is 2. The summed E-state index contributed by atoms with van der Waals surface area (Å²) in [6.07, 6.45) is 0. The van der Waals surface area contributed by atoms with E-state index < -0.39 is 0 Å². The number of aromatic nitrogens is 3. The molecule has 0 aliphatic rings. The molecule has 3 aromatic heterocycles. The Balaban J connectivity index is 1.10. The summed E-state index contributed by atoms with van der Waals surface area (Å²) in [5.41, 5.74) is 31.4. The highest BCUT2D eigenvalue weighted by atomic mass is 15.0. The lowest BCUT2D eigenvalue weighted by Crippen LogP contribution is -2.04. The summed E-state index contributed by atoms with van der Waals surface area (Å²) in [7, 11) is 0. The van der Waals surface area contributed by atoms with Crippen LogP contribution < -0.4 is 0 Å². The molecule has 402 valence electrons. The third-order valence-electron chi connectivity index (χ3n) is 17.3. The van der Waals surface area contributed by atoms with Crippen molar-refractivity contribution < 1.29 is 0 Å². The summed E-state index contributed by atoms with van der Waals surface area (Å²) in [5, 5.41) is 16.4. The predicted molar refractivity (Wildman–Crippen MR) is 354 cm³/mol. The van der Waals surface area contributed by atoms with Crippen LogP contribution in [0.15, 0.2) is 231 Å². The van der Waals surface area contributed by atoms with E-state index in [-0.39, 0.29) is 0 Å². The van der Waals surface area contributed by atoms with Crippen LogP contribution in [0.25, 0.3) is 133 Å². The van der Waals surface area contributed by atoms with Gasteiger partial charge in [0, 0.05) is 38.2 Å². The topological polar surface area (TPSA) is 46.5 Å². The second-order valence-corrected chi connectivity index (χ2v) is 23.2. The van der Waals surface area contributed by atoms with E-state index >= 15 is 0 Å². The first-order chi connectivity index (χ1) is 40.8. The van der Waals surface area contributed by atoms with Gasteiger partial charge in [0.2, 0.25) is 0 Å². The molecular formula is C80H62N4. The molecule has 0 unspecified atom stereocenters. The van der Waals surface area contributed by atoms with Gasteiger partial charge in [0.15, 0.2) is 0 Å². The Kier molecular flexibility index (Phi) is 12.7. The van der Waals surface area contributed by atoms with E-state index in [1.807, 2.05) is 0 Å². The van der Waals surface area contributed by atoms with Crippen LogP contribution in [0.5, 0.6) is 0 Å². The lowest BCUT2D eigenvalue weighted by Gasteiger charge is -2.20. The fraction of sp³-hybridized carbons (Fsp3) is 0.100. The molecule has 14 aromatic rings. The quantitative estimate of drug-likeness (QED) is 0.145. The largest absolute Gasteiger partial charge is 0.309 e. The maximum absolute atomic E-state index is 11.9. The van der Waals surface area contributed by atoms with E-state index in [0.717, 1.165) is 111 Å². The number of nitriles is 1. The molecule has 4 nitrogen and oxygen atoms in total. The number of fused-ring (bicyclic) bond motifs is 6. The van der Waals surface area contributed by atoms with Crippen LogP contribution in [0.3, 0.4) is 0 Å². The van der Waals surface area contributed by atoms with Gasteiger partial charge in [-0.25, -0.2) is 4.98 Å². The molecule has 0 radical (unpaired) electrons. The maximum atomic E-state index is 11.9. The monoisotopic (exact) mass is 1080 g/mol. The highest BCUT2D eigenvalue weighted by Gasteiger charge is 2.25. The maximum Gasteiger partial charge on any atom is 0.101 e. The van der Waals surface area contributed by atoms with Gasteiger partial charge in [-0.1, -0.05) is 180 Å². The van der Waals surface area contributed by atoms with Gasteiger partial charge in [-0.15, -0.1) is 0 Å². The smallest absolute Gasteiger partial charge is 0.101 e.